The Morgan fingerprint density at radius 2 is 2.12 bits per heavy atom. The maximum atomic E-state index is 11.2. The van der Waals surface area contributed by atoms with Crippen LogP contribution < -0.4 is 11.1 Å². The first-order valence-corrected chi connectivity index (χ1v) is 5.58. The molecule has 5 nitrogen and oxygen atoms in total. The summed E-state index contributed by atoms with van der Waals surface area (Å²) in [4.78, 5) is 19.2. The Bertz CT molecular complexity index is 381. The van der Waals surface area contributed by atoms with E-state index in [0.29, 0.717) is 11.0 Å². The minimum atomic E-state index is -0.260. The van der Waals surface area contributed by atoms with E-state index in [2.05, 4.69) is 15.3 Å². The average Bonchev–Trinajstić information content (AvgIpc) is 2.69. The summed E-state index contributed by atoms with van der Waals surface area (Å²) < 4.78 is 0. The number of aromatic nitrogens is 2. The molecule has 0 aliphatic heterocycles. The lowest BCUT2D eigenvalue weighted by molar-refractivity contribution is -0.121. The molecule has 2 rings (SSSR count). The van der Waals surface area contributed by atoms with E-state index in [1.54, 1.807) is 0 Å². The number of halogens is 1. The number of anilines is 1. The zero-order valence-electron chi connectivity index (χ0n) is 8.69. The van der Waals surface area contributed by atoms with Crippen LogP contribution in [0, 0.1) is 5.92 Å². The van der Waals surface area contributed by atoms with Crippen LogP contribution >= 0.6 is 11.6 Å². The van der Waals surface area contributed by atoms with Crippen molar-refractivity contribution in [1.29, 1.82) is 0 Å². The quantitative estimate of drug-likeness (QED) is 0.832. The molecule has 0 spiro atoms. The molecule has 0 bridgehead atoms. The summed E-state index contributed by atoms with van der Waals surface area (Å²) in [6.45, 7) is 0. The Balaban J connectivity index is 2.03. The van der Waals surface area contributed by atoms with E-state index in [1.165, 1.54) is 12.4 Å². The SMILES string of the molecule is NC(=O)[C@@H]1CCC[C@@H]1Nc1ncc(Cl)cn1. The average molecular weight is 241 g/mol. The molecule has 6 heteroatoms. The molecule has 1 aromatic rings. The number of carbonyl (C=O) groups is 1. The lowest BCUT2D eigenvalue weighted by Gasteiger charge is -2.17. The first kappa shape index (κ1) is 11.1. The predicted molar refractivity (Wildman–Crippen MR) is 61.0 cm³/mol. The number of primary amides is 1. The summed E-state index contributed by atoms with van der Waals surface area (Å²) in [5, 5.41) is 3.61. The molecule has 0 unspecified atom stereocenters. The van der Waals surface area contributed by atoms with Crippen molar-refractivity contribution in [2.45, 2.75) is 25.3 Å². The summed E-state index contributed by atoms with van der Waals surface area (Å²) in [6, 6.07) is 0.0404. The number of amides is 1. The topological polar surface area (TPSA) is 80.9 Å². The van der Waals surface area contributed by atoms with Gasteiger partial charge in [-0.15, -0.1) is 0 Å². The van der Waals surface area contributed by atoms with Crippen molar-refractivity contribution < 1.29 is 4.79 Å². The molecule has 1 aliphatic rings. The van der Waals surface area contributed by atoms with Gasteiger partial charge in [0.05, 0.1) is 23.3 Å². The number of hydrogen-bond acceptors (Lipinski definition) is 4. The van der Waals surface area contributed by atoms with Crippen molar-refractivity contribution >= 4 is 23.5 Å². The summed E-state index contributed by atoms with van der Waals surface area (Å²) >= 11 is 5.68. The highest BCUT2D eigenvalue weighted by atomic mass is 35.5. The molecule has 1 aromatic heterocycles. The highest BCUT2D eigenvalue weighted by Gasteiger charge is 2.31. The van der Waals surface area contributed by atoms with E-state index in [0.717, 1.165) is 19.3 Å². The monoisotopic (exact) mass is 240 g/mol. The van der Waals surface area contributed by atoms with E-state index in [1.807, 2.05) is 0 Å². The van der Waals surface area contributed by atoms with E-state index in [-0.39, 0.29) is 17.9 Å². The normalized spacial score (nSPS) is 24.3. The summed E-state index contributed by atoms with van der Waals surface area (Å²) in [6.07, 6.45) is 5.79. The third-order valence-electron chi connectivity index (χ3n) is 2.82. The Morgan fingerprint density at radius 1 is 1.44 bits per heavy atom. The molecule has 0 aromatic carbocycles. The maximum Gasteiger partial charge on any atom is 0.222 e. The van der Waals surface area contributed by atoms with Crippen LogP contribution in [0.2, 0.25) is 5.02 Å². The van der Waals surface area contributed by atoms with Crippen molar-refractivity contribution in [1.82, 2.24) is 9.97 Å². The third-order valence-corrected chi connectivity index (χ3v) is 3.01. The van der Waals surface area contributed by atoms with E-state index in [4.69, 9.17) is 17.3 Å². The Labute approximate surface area is 98.4 Å². The van der Waals surface area contributed by atoms with E-state index >= 15 is 0 Å². The van der Waals surface area contributed by atoms with Gasteiger partial charge in [0, 0.05) is 6.04 Å². The number of hydrogen-bond donors (Lipinski definition) is 2. The molecule has 0 radical (unpaired) electrons. The van der Waals surface area contributed by atoms with Crippen LogP contribution in [0.4, 0.5) is 5.95 Å². The van der Waals surface area contributed by atoms with Gasteiger partial charge in [-0.25, -0.2) is 9.97 Å². The number of nitrogens with one attached hydrogen (secondary N) is 1. The highest BCUT2D eigenvalue weighted by molar-refractivity contribution is 6.30. The summed E-state index contributed by atoms with van der Waals surface area (Å²) in [5.41, 5.74) is 5.33. The van der Waals surface area contributed by atoms with E-state index in [9.17, 15) is 4.79 Å². The van der Waals surface area contributed by atoms with Crippen LogP contribution in [0.5, 0.6) is 0 Å². The van der Waals surface area contributed by atoms with Crippen LogP contribution in [-0.2, 0) is 4.79 Å². The fourth-order valence-corrected chi connectivity index (χ4v) is 2.12. The molecule has 0 saturated heterocycles. The van der Waals surface area contributed by atoms with E-state index < -0.39 is 0 Å². The van der Waals surface area contributed by atoms with Gasteiger partial charge in [0.25, 0.3) is 0 Å². The zero-order chi connectivity index (χ0) is 11.5. The molecule has 1 saturated carbocycles. The number of nitrogens with two attached hydrogens (primary N) is 1. The first-order valence-electron chi connectivity index (χ1n) is 5.20. The van der Waals surface area contributed by atoms with Gasteiger partial charge in [0.15, 0.2) is 0 Å². The standard InChI is InChI=1S/C10H13ClN4O/c11-6-4-13-10(14-5-6)15-8-3-1-2-7(8)9(12)16/h4-5,7-8H,1-3H2,(H2,12,16)(H,13,14,15)/t7-,8+/m1/s1. The third kappa shape index (κ3) is 2.41. The number of nitrogens with zero attached hydrogens (tertiary/aromatic N) is 2. The molecule has 3 N–H and O–H groups in total. The molecule has 1 fully saturated rings. The second kappa shape index (κ2) is 4.65. The molecule has 2 atom stereocenters. The van der Waals surface area contributed by atoms with Gasteiger partial charge in [-0.2, -0.15) is 0 Å². The van der Waals surface area contributed by atoms with Gasteiger partial charge in [-0.1, -0.05) is 18.0 Å². The zero-order valence-corrected chi connectivity index (χ0v) is 9.44. The molecule has 1 heterocycles. The Morgan fingerprint density at radius 3 is 2.75 bits per heavy atom. The van der Waals surface area contributed by atoms with Gasteiger partial charge in [0.1, 0.15) is 0 Å². The molecular weight excluding hydrogens is 228 g/mol. The predicted octanol–water partition coefficient (Wildman–Crippen LogP) is 1.20. The van der Waals surface area contributed by atoms with Gasteiger partial charge < -0.3 is 11.1 Å². The van der Waals surface area contributed by atoms with Crippen LogP contribution in [0.25, 0.3) is 0 Å². The van der Waals surface area contributed by atoms with Gasteiger partial charge in [-0.3, -0.25) is 4.79 Å². The molecule has 1 amide bonds. The molecule has 1 aliphatic carbocycles. The van der Waals surface area contributed by atoms with Gasteiger partial charge in [0.2, 0.25) is 11.9 Å². The second-order valence-electron chi connectivity index (χ2n) is 3.92. The summed E-state index contributed by atoms with van der Waals surface area (Å²) in [7, 11) is 0. The largest absolute Gasteiger partial charge is 0.369 e. The fraction of sp³-hybridized carbons (Fsp3) is 0.500. The van der Waals surface area contributed by atoms with Crippen molar-refractivity contribution in [3.05, 3.63) is 17.4 Å². The highest BCUT2D eigenvalue weighted by Crippen LogP contribution is 2.27. The number of rotatable bonds is 3. The van der Waals surface area contributed by atoms with Gasteiger partial charge in [-0.05, 0) is 12.8 Å². The lowest BCUT2D eigenvalue weighted by Crippen LogP contribution is -2.34. The van der Waals surface area contributed by atoms with Crippen LogP contribution in [0.1, 0.15) is 19.3 Å². The van der Waals surface area contributed by atoms with Crippen LogP contribution in [0.15, 0.2) is 12.4 Å². The van der Waals surface area contributed by atoms with Crippen molar-refractivity contribution in [2.75, 3.05) is 5.32 Å². The van der Waals surface area contributed by atoms with Gasteiger partial charge >= 0.3 is 0 Å². The molecule has 16 heavy (non-hydrogen) atoms. The Hall–Kier alpha value is -1.36. The van der Waals surface area contributed by atoms with Crippen LogP contribution in [-0.4, -0.2) is 21.9 Å². The van der Waals surface area contributed by atoms with Crippen molar-refractivity contribution in [2.24, 2.45) is 11.7 Å². The minimum absolute atomic E-state index is 0.0404. The van der Waals surface area contributed by atoms with Crippen LogP contribution in [0.3, 0.4) is 0 Å². The minimum Gasteiger partial charge on any atom is -0.369 e. The second-order valence-corrected chi connectivity index (χ2v) is 4.35. The Kier molecular flexibility index (Phi) is 3.24. The summed E-state index contributed by atoms with van der Waals surface area (Å²) in [5.74, 6) is 0.103. The smallest absolute Gasteiger partial charge is 0.222 e. The maximum absolute atomic E-state index is 11.2. The first-order chi connectivity index (χ1) is 7.66. The molecular formula is C10H13ClN4O. The van der Waals surface area contributed by atoms with Crippen molar-refractivity contribution in [3.63, 3.8) is 0 Å². The fourth-order valence-electron chi connectivity index (χ4n) is 2.03. The lowest BCUT2D eigenvalue weighted by atomic mass is 10.0. The molecule has 86 valence electrons. The number of carbonyl (C=O) groups excluding carboxylic acids is 1. The van der Waals surface area contributed by atoms with Crippen molar-refractivity contribution in [3.8, 4) is 0 Å².